The smallest absolute Gasteiger partial charge is 0.203 e. The zero-order valence-corrected chi connectivity index (χ0v) is 18.3. The van der Waals surface area contributed by atoms with Crippen LogP contribution in [0.3, 0.4) is 0 Å². The first-order valence-corrected chi connectivity index (χ1v) is 10.2. The highest BCUT2D eigenvalue weighted by Crippen LogP contribution is 2.42. The van der Waals surface area contributed by atoms with Crippen LogP contribution in [-0.4, -0.2) is 31.3 Å². The summed E-state index contributed by atoms with van der Waals surface area (Å²) in [6.45, 7) is 2.10. The maximum Gasteiger partial charge on any atom is 0.203 e. The zero-order chi connectivity index (χ0) is 22.2. The molecule has 0 aliphatic carbocycles. The molecule has 2 aromatic carbocycles. The van der Waals surface area contributed by atoms with Gasteiger partial charge in [-0.25, -0.2) is 0 Å². The molecule has 0 fully saturated rings. The summed E-state index contributed by atoms with van der Waals surface area (Å²) in [5.41, 5.74) is 6.33. The summed E-state index contributed by atoms with van der Waals surface area (Å²) in [7, 11) is 4.76. The van der Waals surface area contributed by atoms with Gasteiger partial charge in [-0.1, -0.05) is 0 Å². The summed E-state index contributed by atoms with van der Waals surface area (Å²) in [6, 6.07) is 13.7. The maximum absolute atomic E-state index is 6.26. The van der Waals surface area contributed by atoms with Gasteiger partial charge in [0.15, 0.2) is 17.1 Å². The van der Waals surface area contributed by atoms with Gasteiger partial charge in [-0.05, 0) is 48.9 Å². The van der Waals surface area contributed by atoms with Crippen molar-refractivity contribution in [1.29, 1.82) is 0 Å². The second-order valence-corrected chi connectivity index (χ2v) is 7.40. The number of aryl methyl sites for hydroxylation is 1. The third kappa shape index (κ3) is 3.19. The maximum atomic E-state index is 6.26. The molecule has 2 N–H and O–H groups in total. The van der Waals surface area contributed by atoms with Gasteiger partial charge in [0.2, 0.25) is 5.75 Å². The number of pyridine rings is 1. The Kier molecular flexibility index (Phi) is 4.86. The molecule has 3 heterocycles. The molecule has 0 spiro atoms. The summed E-state index contributed by atoms with van der Waals surface area (Å²) < 4.78 is 22.6. The summed E-state index contributed by atoms with van der Waals surface area (Å²) in [5, 5.41) is 4.69. The fourth-order valence-electron chi connectivity index (χ4n) is 3.97. The average Bonchev–Trinajstić information content (AvgIpc) is 3.48. The third-order valence-electron chi connectivity index (χ3n) is 5.63. The van der Waals surface area contributed by atoms with Crippen LogP contribution in [0.4, 0.5) is 11.4 Å². The predicted molar refractivity (Wildman–Crippen MR) is 125 cm³/mol. The van der Waals surface area contributed by atoms with Gasteiger partial charge in [-0.3, -0.25) is 4.98 Å². The van der Waals surface area contributed by atoms with Crippen LogP contribution in [0.15, 0.2) is 59.3 Å². The second-order valence-electron chi connectivity index (χ2n) is 7.40. The van der Waals surface area contributed by atoms with Gasteiger partial charge < -0.3 is 28.9 Å². The highest BCUT2D eigenvalue weighted by Gasteiger charge is 2.18. The first-order valence-electron chi connectivity index (χ1n) is 10.2. The number of hydrogen-bond acceptors (Lipinski definition) is 6. The van der Waals surface area contributed by atoms with Gasteiger partial charge in [0.25, 0.3) is 0 Å². The van der Waals surface area contributed by atoms with E-state index in [-0.39, 0.29) is 0 Å². The molecule has 162 valence electrons. The number of anilines is 2. The van der Waals surface area contributed by atoms with E-state index in [4.69, 9.17) is 18.6 Å². The van der Waals surface area contributed by atoms with Crippen molar-refractivity contribution in [2.75, 3.05) is 26.6 Å². The highest BCUT2D eigenvalue weighted by atomic mass is 16.5. The Bertz CT molecular complexity index is 1410. The Morgan fingerprint density at radius 3 is 2.41 bits per heavy atom. The van der Waals surface area contributed by atoms with E-state index < -0.39 is 0 Å². The molecule has 0 saturated heterocycles. The molecule has 0 bridgehead atoms. The van der Waals surface area contributed by atoms with E-state index in [2.05, 4.69) is 40.4 Å². The minimum absolute atomic E-state index is 0.533. The average molecular weight is 429 g/mol. The minimum atomic E-state index is 0.533. The molecular weight excluding hydrogens is 406 g/mol. The van der Waals surface area contributed by atoms with E-state index >= 15 is 0 Å². The van der Waals surface area contributed by atoms with Crippen LogP contribution in [0.1, 0.15) is 5.56 Å². The molecular formula is C25H23N3O4. The van der Waals surface area contributed by atoms with Crippen molar-refractivity contribution < 1.29 is 18.6 Å². The standard InChI is InChI=1S/C25H23N3O4/c1-14-16-7-9-26-18(16)6-5-17(14)28-19-8-10-27-20-13-21(32-24(19)20)15-11-22(29-2)25(31-4)23(12-15)30-3/h5-13,26H,1-4H3,(H,27,28). The Hall–Kier alpha value is -4.13. The second kappa shape index (κ2) is 7.85. The van der Waals surface area contributed by atoms with Crippen LogP contribution >= 0.6 is 0 Å². The van der Waals surface area contributed by atoms with Gasteiger partial charge in [-0.2, -0.15) is 0 Å². The predicted octanol–water partition coefficient (Wildman–Crippen LogP) is 6.05. The number of methoxy groups -OCH3 is 3. The summed E-state index contributed by atoms with van der Waals surface area (Å²) in [5.74, 6) is 2.30. The number of rotatable bonds is 6. The van der Waals surface area contributed by atoms with Crippen molar-refractivity contribution in [2.24, 2.45) is 0 Å². The van der Waals surface area contributed by atoms with E-state index in [1.54, 1.807) is 27.5 Å². The van der Waals surface area contributed by atoms with Crippen molar-refractivity contribution in [3.63, 3.8) is 0 Å². The fourth-order valence-corrected chi connectivity index (χ4v) is 3.97. The number of benzene rings is 2. The van der Waals surface area contributed by atoms with Crippen LogP contribution in [0.25, 0.3) is 33.3 Å². The van der Waals surface area contributed by atoms with E-state index in [0.29, 0.717) is 28.6 Å². The van der Waals surface area contributed by atoms with Gasteiger partial charge in [0.05, 0.1) is 27.0 Å². The molecule has 0 unspecified atom stereocenters. The molecule has 0 saturated carbocycles. The van der Waals surface area contributed by atoms with Crippen LogP contribution in [0.2, 0.25) is 0 Å². The molecule has 5 rings (SSSR count). The number of aromatic nitrogens is 2. The molecule has 0 atom stereocenters. The largest absolute Gasteiger partial charge is 0.493 e. The number of H-pyrrole nitrogens is 1. The molecule has 5 aromatic rings. The van der Waals surface area contributed by atoms with E-state index in [0.717, 1.165) is 33.5 Å². The third-order valence-corrected chi connectivity index (χ3v) is 5.63. The summed E-state index contributed by atoms with van der Waals surface area (Å²) in [6.07, 6.45) is 3.71. The lowest BCUT2D eigenvalue weighted by atomic mass is 10.1. The lowest BCUT2D eigenvalue weighted by molar-refractivity contribution is 0.324. The first-order chi connectivity index (χ1) is 15.6. The number of aromatic amines is 1. The normalized spacial score (nSPS) is 11.1. The number of hydrogen-bond donors (Lipinski definition) is 2. The summed E-state index contributed by atoms with van der Waals surface area (Å²) in [4.78, 5) is 7.73. The Morgan fingerprint density at radius 2 is 1.69 bits per heavy atom. The van der Waals surface area contributed by atoms with Crippen molar-refractivity contribution >= 4 is 33.4 Å². The van der Waals surface area contributed by atoms with Crippen molar-refractivity contribution in [2.45, 2.75) is 6.92 Å². The van der Waals surface area contributed by atoms with Crippen molar-refractivity contribution in [3.05, 3.63) is 60.4 Å². The number of furan rings is 1. The Balaban J connectivity index is 1.58. The molecule has 7 nitrogen and oxygen atoms in total. The van der Waals surface area contributed by atoms with Crippen LogP contribution in [0, 0.1) is 6.92 Å². The monoisotopic (exact) mass is 429 g/mol. The summed E-state index contributed by atoms with van der Waals surface area (Å²) >= 11 is 0. The molecule has 0 aliphatic rings. The molecule has 3 aromatic heterocycles. The van der Waals surface area contributed by atoms with E-state index in [1.165, 1.54) is 5.39 Å². The Morgan fingerprint density at radius 1 is 0.906 bits per heavy atom. The quantitative estimate of drug-likeness (QED) is 0.342. The van der Waals surface area contributed by atoms with Crippen molar-refractivity contribution in [1.82, 2.24) is 9.97 Å². The number of nitrogens with one attached hydrogen (secondary N) is 2. The highest BCUT2D eigenvalue weighted by molar-refractivity contribution is 5.94. The van der Waals surface area contributed by atoms with Crippen LogP contribution in [0.5, 0.6) is 17.2 Å². The molecule has 32 heavy (non-hydrogen) atoms. The lowest BCUT2D eigenvalue weighted by Crippen LogP contribution is -1.95. The number of ether oxygens (including phenoxy) is 3. The SMILES string of the molecule is COc1cc(-c2cc3nccc(Nc4ccc5[nH]ccc5c4C)c3o2)cc(OC)c1OC. The van der Waals surface area contributed by atoms with Crippen LogP contribution in [-0.2, 0) is 0 Å². The number of nitrogens with zero attached hydrogens (tertiary/aromatic N) is 1. The topological polar surface area (TPSA) is 81.5 Å². The van der Waals surface area contributed by atoms with Gasteiger partial charge in [-0.15, -0.1) is 0 Å². The minimum Gasteiger partial charge on any atom is -0.493 e. The van der Waals surface area contributed by atoms with Crippen molar-refractivity contribution in [3.8, 4) is 28.6 Å². The van der Waals surface area contributed by atoms with E-state index in [9.17, 15) is 0 Å². The lowest BCUT2D eigenvalue weighted by Gasteiger charge is -2.13. The van der Waals surface area contributed by atoms with Gasteiger partial charge in [0.1, 0.15) is 11.3 Å². The molecule has 0 radical (unpaired) electrons. The zero-order valence-electron chi connectivity index (χ0n) is 18.3. The number of fused-ring (bicyclic) bond motifs is 2. The molecule has 7 heteroatoms. The van der Waals surface area contributed by atoms with Gasteiger partial charge in [0, 0.05) is 40.6 Å². The fraction of sp³-hybridized carbons (Fsp3) is 0.160. The first kappa shape index (κ1) is 19.8. The van der Waals surface area contributed by atoms with E-state index in [1.807, 2.05) is 30.5 Å². The Labute approximate surface area is 184 Å². The molecule has 0 amide bonds. The molecule has 0 aliphatic heterocycles. The van der Waals surface area contributed by atoms with Gasteiger partial charge >= 0.3 is 0 Å². The van der Waals surface area contributed by atoms with Crippen LogP contribution < -0.4 is 19.5 Å².